The molecule has 0 saturated heterocycles. The molecule has 0 spiro atoms. The molecule has 0 bridgehead atoms. The molecule has 1 amide bonds. The fraction of sp³-hybridized carbons (Fsp3) is 0.158. The lowest BCUT2D eigenvalue weighted by molar-refractivity contribution is -0.161. The standard InChI is InChI=1S/C19H12ClF3N4O4/c20-11-4-10-5-12(31-16(10)13(6-11)18(29)30-9-19(21,22)23)7-25-17(28)14-8-24-15-2-1-3-26-27(14)15/h1-6,8H,7,9H2,(H,25,28). The largest absolute Gasteiger partial charge is 0.458 e. The molecule has 3 aromatic heterocycles. The highest BCUT2D eigenvalue weighted by molar-refractivity contribution is 6.32. The number of carbonyl (C=O) groups excluding carboxylic acids is 2. The molecule has 3 heterocycles. The van der Waals surface area contributed by atoms with Crippen LogP contribution in [0.3, 0.4) is 0 Å². The first kappa shape index (κ1) is 20.7. The first-order valence-corrected chi connectivity index (χ1v) is 9.12. The molecule has 0 aliphatic heterocycles. The van der Waals surface area contributed by atoms with Crippen LogP contribution >= 0.6 is 11.6 Å². The summed E-state index contributed by atoms with van der Waals surface area (Å²) in [5, 5.41) is 7.16. The predicted molar refractivity (Wildman–Crippen MR) is 102 cm³/mol. The number of hydrogen-bond acceptors (Lipinski definition) is 6. The molecule has 0 aliphatic carbocycles. The molecule has 0 unspecified atom stereocenters. The Morgan fingerprint density at radius 2 is 2.06 bits per heavy atom. The number of alkyl halides is 3. The maximum absolute atomic E-state index is 12.5. The fourth-order valence-electron chi connectivity index (χ4n) is 2.88. The average molecular weight is 453 g/mol. The predicted octanol–water partition coefficient (Wildman–Crippen LogP) is 3.78. The molecule has 1 N–H and O–H groups in total. The van der Waals surface area contributed by atoms with Crippen LogP contribution in [0, 0.1) is 0 Å². The number of imidazole rings is 1. The third kappa shape index (κ3) is 4.45. The van der Waals surface area contributed by atoms with Gasteiger partial charge in [0.1, 0.15) is 22.6 Å². The van der Waals surface area contributed by atoms with Crippen LogP contribution in [0.4, 0.5) is 13.2 Å². The van der Waals surface area contributed by atoms with Crippen molar-refractivity contribution in [1.82, 2.24) is 19.9 Å². The fourth-order valence-corrected chi connectivity index (χ4v) is 3.10. The van der Waals surface area contributed by atoms with Gasteiger partial charge < -0.3 is 14.5 Å². The summed E-state index contributed by atoms with van der Waals surface area (Å²) in [5.41, 5.74) is 0.437. The van der Waals surface area contributed by atoms with Gasteiger partial charge in [0.15, 0.2) is 12.3 Å². The topological polar surface area (TPSA) is 98.7 Å². The van der Waals surface area contributed by atoms with E-state index >= 15 is 0 Å². The Labute approximate surface area is 176 Å². The van der Waals surface area contributed by atoms with Crippen molar-refractivity contribution in [2.24, 2.45) is 0 Å². The molecule has 0 atom stereocenters. The van der Waals surface area contributed by atoms with Crippen LogP contribution in [0.25, 0.3) is 16.6 Å². The molecule has 0 aliphatic rings. The van der Waals surface area contributed by atoms with E-state index in [1.165, 1.54) is 29.0 Å². The van der Waals surface area contributed by atoms with Crippen molar-refractivity contribution in [3.05, 3.63) is 64.8 Å². The van der Waals surface area contributed by atoms with Crippen LogP contribution in [0.15, 0.2) is 47.1 Å². The zero-order chi connectivity index (χ0) is 22.2. The number of ether oxygens (including phenoxy) is 1. The number of benzene rings is 1. The number of furan rings is 1. The summed E-state index contributed by atoms with van der Waals surface area (Å²) >= 11 is 5.96. The van der Waals surface area contributed by atoms with Gasteiger partial charge in [-0.2, -0.15) is 18.3 Å². The van der Waals surface area contributed by atoms with Crippen molar-refractivity contribution in [2.45, 2.75) is 12.7 Å². The number of aromatic nitrogens is 3. The highest BCUT2D eigenvalue weighted by atomic mass is 35.5. The van der Waals surface area contributed by atoms with Crippen LogP contribution in [-0.4, -0.2) is 39.3 Å². The highest BCUT2D eigenvalue weighted by Gasteiger charge is 2.30. The number of nitrogens with one attached hydrogen (secondary N) is 1. The minimum atomic E-state index is -4.67. The van der Waals surface area contributed by atoms with Gasteiger partial charge in [-0.25, -0.2) is 14.3 Å². The summed E-state index contributed by atoms with van der Waals surface area (Å²) in [6.45, 7) is -1.81. The normalized spacial score (nSPS) is 11.7. The third-order valence-electron chi connectivity index (χ3n) is 4.15. The van der Waals surface area contributed by atoms with Crippen molar-refractivity contribution >= 4 is 40.1 Å². The Morgan fingerprint density at radius 1 is 1.26 bits per heavy atom. The number of fused-ring (bicyclic) bond motifs is 2. The van der Waals surface area contributed by atoms with Crippen molar-refractivity contribution in [3.8, 4) is 0 Å². The quantitative estimate of drug-likeness (QED) is 0.463. The van der Waals surface area contributed by atoms with Gasteiger partial charge in [0, 0.05) is 16.6 Å². The Kier molecular flexibility index (Phi) is 5.27. The van der Waals surface area contributed by atoms with Crippen LogP contribution in [0.5, 0.6) is 0 Å². The molecule has 0 radical (unpaired) electrons. The number of esters is 1. The molecule has 0 saturated carbocycles. The Bertz CT molecular complexity index is 1300. The van der Waals surface area contributed by atoms with Gasteiger partial charge in [0.25, 0.3) is 5.91 Å². The minimum Gasteiger partial charge on any atom is -0.458 e. The van der Waals surface area contributed by atoms with Gasteiger partial charge in [-0.3, -0.25) is 4.79 Å². The van der Waals surface area contributed by atoms with Gasteiger partial charge in [-0.05, 0) is 30.3 Å². The third-order valence-corrected chi connectivity index (χ3v) is 4.37. The smallest absolute Gasteiger partial charge is 0.422 e. The SMILES string of the molecule is O=C(OCC(F)(F)F)c1cc(Cl)cc2cc(CNC(=O)c3cnc4cccnn34)oc12. The van der Waals surface area contributed by atoms with E-state index in [1.807, 2.05) is 0 Å². The highest BCUT2D eigenvalue weighted by Crippen LogP contribution is 2.28. The molecule has 0 fully saturated rings. The van der Waals surface area contributed by atoms with Gasteiger partial charge in [-0.1, -0.05) is 11.6 Å². The maximum atomic E-state index is 12.5. The van der Waals surface area contributed by atoms with Crippen LogP contribution < -0.4 is 5.32 Å². The van der Waals surface area contributed by atoms with E-state index in [2.05, 4.69) is 20.1 Å². The summed E-state index contributed by atoms with van der Waals surface area (Å²) in [6, 6.07) is 7.50. The van der Waals surface area contributed by atoms with Crippen molar-refractivity contribution < 1.29 is 31.9 Å². The molecular weight excluding hydrogens is 441 g/mol. The molecule has 12 heteroatoms. The van der Waals surface area contributed by atoms with Gasteiger partial charge in [0.2, 0.25) is 0 Å². The van der Waals surface area contributed by atoms with Crippen LogP contribution in [-0.2, 0) is 11.3 Å². The second-order valence-corrected chi connectivity index (χ2v) is 6.83. The second-order valence-electron chi connectivity index (χ2n) is 6.40. The monoisotopic (exact) mass is 452 g/mol. The molecule has 4 aromatic rings. The van der Waals surface area contributed by atoms with Crippen molar-refractivity contribution in [1.29, 1.82) is 0 Å². The number of amides is 1. The number of carbonyl (C=O) groups is 2. The zero-order valence-corrected chi connectivity index (χ0v) is 16.2. The van der Waals surface area contributed by atoms with E-state index in [1.54, 1.807) is 12.1 Å². The van der Waals surface area contributed by atoms with Crippen LogP contribution in [0.1, 0.15) is 26.6 Å². The number of rotatable bonds is 5. The van der Waals surface area contributed by atoms with Crippen molar-refractivity contribution in [2.75, 3.05) is 6.61 Å². The first-order chi connectivity index (χ1) is 14.7. The summed E-state index contributed by atoms with van der Waals surface area (Å²) in [6.07, 6.45) is -1.79. The lowest BCUT2D eigenvalue weighted by atomic mass is 10.1. The number of nitrogens with zero attached hydrogens (tertiary/aromatic N) is 3. The molecule has 4 rings (SSSR count). The van der Waals surface area contributed by atoms with E-state index < -0.39 is 24.7 Å². The molecule has 1 aromatic carbocycles. The van der Waals surface area contributed by atoms with Crippen molar-refractivity contribution in [3.63, 3.8) is 0 Å². The van der Waals surface area contributed by atoms with Gasteiger partial charge >= 0.3 is 12.1 Å². The maximum Gasteiger partial charge on any atom is 0.422 e. The van der Waals surface area contributed by atoms with E-state index in [0.29, 0.717) is 11.0 Å². The molecule has 8 nitrogen and oxygen atoms in total. The Hall–Kier alpha value is -3.60. The zero-order valence-electron chi connectivity index (χ0n) is 15.4. The van der Waals surface area contributed by atoms with E-state index in [-0.39, 0.29) is 34.2 Å². The van der Waals surface area contributed by atoms with Gasteiger partial charge in [0.05, 0.1) is 12.7 Å². The first-order valence-electron chi connectivity index (χ1n) is 8.74. The molecule has 160 valence electrons. The Balaban J connectivity index is 1.54. The Morgan fingerprint density at radius 3 is 2.84 bits per heavy atom. The molecular formula is C19H12ClF3N4O4. The van der Waals surface area contributed by atoms with E-state index in [0.717, 1.165) is 6.07 Å². The number of hydrogen-bond donors (Lipinski definition) is 1. The summed E-state index contributed by atoms with van der Waals surface area (Å²) < 4.78 is 48.2. The lowest BCUT2D eigenvalue weighted by Crippen LogP contribution is -2.24. The summed E-state index contributed by atoms with van der Waals surface area (Å²) in [5.74, 6) is -1.46. The van der Waals surface area contributed by atoms with Crippen LogP contribution in [0.2, 0.25) is 5.02 Å². The number of halogens is 4. The molecule has 31 heavy (non-hydrogen) atoms. The van der Waals surface area contributed by atoms with E-state index in [4.69, 9.17) is 16.0 Å². The average Bonchev–Trinajstić information content (AvgIpc) is 3.33. The summed E-state index contributed by atoms with van der Waals surface area (Å²) in [7, 11) is 0. The van der Waals surface area contributed by atoms with E-state index in [9.17, 15) is 22.8 Å². The lowest BCUT2D eigenvalue weighted by Gasteiger charge is -2.08. The summed E-state index contributed by atoms with van der Waals surface area (Å²) in [4.78, 5) is 28.6. The minimum absolute atomic E-state index is 0.00251. The second kappa shape index (κ2) is 7.91. The van der Waals surface area contributed by atoms with Gasteiger partial charge in [-0.15, -0.1) is 0 Å².